The highest BCUT2D eigenvalue weighted by Crippen LogP contribution is 2.32. The van der Waals surface area contributed by atoms with Crippen molar-refractivity contribution in [2.75, 3.05) is 32.6 Å². The lowest BCUT2D eigenvalue weighted by Crippen LogP contribution is -2.14. The van der Waals surface area contributed by atoms with Crippen LogP contribution in [0.25, 0.3) is 11.0 Å². The number of ether oxygens (including phenoxy) is 2. The zero-order valence-corrected chi connectivity index (χ0v) is 16.7. The van der Waals surface area contributed by atoms with Gasteiger partial charge in [-0.1, -0.05) is 17.7 Å². The summed E-state index contributed by atoms with van der Waals surface area (Å²) in [6.45, 7) is 1.35. The molecule has 2 aromatic heterocycles. The Balaban J connectivity index is 1.99. The molecule has 0 aliphatic heterocycles. The van der Waals surface area contributed by atoms with Crippen molar-refractivity contribution in [1.29, 1.82) is 0 Å². The van der Waals surface area contributed by atoms with Crippen molar-refractivity contribution in [1.82, 2.24) is 15.3 Å². The Bertz CT molecular complexity index is 1030. The number of esters is 1. The van der Waals surface area contributed by atoms with Gasteiger partial charge in [-0.25, -0.2) is 14.2 Å². The third kappa shape index (κ3) is 4.79. The highest BCUT2D eigenvalue weighted by molar-refractivity contribution is 6.31. The van der Waals surface area contributed by atoms with Gasteiger partial charge in [0, 0.05) is 18.3 Å². The van der Waals surface area contributed by atoms with Crippen LogP contribution in [0.1, 0.15) is 16.1 Å². The van der Waals surface area contributed by atoms with Gasteiger partial charge in [-0.3, -0.25) is 4.98 Å². The summed E-state index contributed by atoms with van der Waals surface area (Å²) in [4.78, 5) is 20.4. The van der Waals surface area contributed by atoms with Gasteiger partial charge in [-0.15, -0.1) is 0 Å². The lowest BCUT2D eigenvalue weighted by atomic mass is 10.1. The molecule has 2 heterocycles. The summed E-state index contributed by atoms with van der Waals surface area (Å²) in [5, 5.41) is 6.00. The summed E-state index contributed by atoms with van der Waals surface area (Å²) in [5.41, 5.74) is 2.31. The SMILES string of the molecule is CNCCOCc1ccc(Cl)c(F)c1Nc1ccnc2ccc(C(=O)OC)nc12. The van der Waals surface area contributed by atoms with Crippen LogP contribution in [-0.2, 0) is 16.1 Å². The largest absolute Gasteiger partial charge is 0.464 e. The van der Waals surface area contributed by atoms with Crippen LogP contribution < -0.4 is 10.6 Å². The first-order valence-electron chi connectivity index (χ1n) is 8.85. The molecule has 3 aromatic rings. The number of methoxy groups -OCH3 is 1. The van der Waals surface area contributed by atoms with Gasteiger partial charge in [-0.05, 0) is 31.3 Å². The van der Waals surface area contributed by atoms with Gasteiger partial charge in [-0.2, -0.15) is 0 Å². The fourth-order valence-electron chi connectivity index (χ4n) is 2.68. The number of likely N-dealkylation sites (N-methyl/N-ethyl adjacent to an activating group) is 1. The molecule has 0 bridgehead atoms. The lowest BCUT2D eigenvalue weighted by molar-refractivity contribution is 0.0594. The molecule has 9 heteroatoms. The molecule has 152 valence electrons. The molecule has 29 heavy (non-hydrogen) atoms. The Morgan fingerprint density at radius 2 is 2.07 bits per heavy atom. The van der Waals surface area contributed by atoms with Crippen LogP contribution in [0.5, 0.6) is 0 Å². The number of nitrogens with zero attached hydrogens (tertiary/aromatic N) is 2. The van der Waals surface area contributed by atoms with Crippen molar-refractivity contribution >= 4 is 40.0 Å². The van der Waals surface area contributed by atoms with Gasteiger partial charge in [0.15, 0.2) is 5.82 Å². The third-order valence-electron chi connectivity index (χ3n) is 4.17. The summed E-state index contributed by atoms with van der Waals surface area (Å²) in [5.74, 6) is -1.18. The lowest BCUT2D eigenvalue weighted by Gasteiger charge is -2.15. The smallest absolute Gasteiger partial charge is 0.356 e. The van der Waals surface area contributed by atoms with Crippen molar-refractivity contribution in [2.45, 2.75) is 6.61 Å². The summed E-state index contributed by atoms with van der Waals surface area (Å²) < 4.78 is 25.1. The van der Waals surface area contributed by atoms with Gasteiger partial charge in [0.2, 0.25) is 0 Å². The van der Waals surface area contributed by atoms with Crippen LogP contribution in [0, 0.1) is 5.82 Å². The van der Waals surface area contributed by atoms with E-state index in [0.717, 1.165) is 0 Å². The second kappa shape index (κ2) is 9.60. The summed E-state index contributed by atoms with van der Waals surface area (Å²) in [7, 11) is 3.10. The average Bonchev–Trinajstić information content (AvgIpc) is 2.75. The van der Waals surface area contributed by atoms with Gasteiger partial charge in [0.05, 0.1) is 42.2 Å². The zero-order valence-electron chi connectivity index (χ0n) is 16.0. The fraction of sp³-hybridized carbons (Fsp3) is 0.250. The Morgan fingerprint density at radius 3 is 2.83 bits per heavy atom. The van der Waals surface area contributed by atoms with E-state index in [9.17, 15) is 9.18 Å². The first kappa shape index (κ1) is 20.9. The molecule has 0 radical (unpaired) electrons. The number of benzene rings is 1. The predicted molar refractivity (Wildman–Crippen MR) is 109 cm³/mol. The first-order valence-corrected chi connectivity index (χ1v) is 9.23. The number of rotatable bonds is 8. The standard InChI is InChI=1S/C20H20ClFN4O3/c1-23-9-10-29-11-12-3-4-13(21)17(22)18(12)25-15-7-8-24-14-5-6-16(20(27)28-2)26-19(14)15/h3-8,23H,9-11H2,1-2H3,(H,24,25). The van der Waals surface area contributed by atoms with Crippen molar-refractivity contribution < 1.29 is 18.7 Å². The first-order chi connectivity index (χ1) is 14.0. The van der Waals surface area contributed by atoms with E-state index in [2.05, 4.69) is 20.6 Å². The highest BCUT2D eigenvalue weighted by Gasteiger charge is 2.16. The molecule has 0 aliphatic rings. The molecule has 0 unspecified atom stereocenters. The van der Waals surface area contributed by atoms with Gasteiger partial charge in [0.1, 0.15) is 11.2 Å². The minimum Gasteiger partial charge on any atom is -0.464 e. The van der Waals surface area contributed by atoms with Gasteiger partial charge < -0.3 is 20.1 Å². The molecule has 0 saturated heterocycles. The number of pyridine rings is 2. The van der Waals surface area contributed by atoms with Crippen LogP contribution in [0.3, 0.4) is 0 Å². The van der Waals surface area contributed by atoms with Crippen LogP contribution in [0.15, 0.2) is 36.5 Å². The quantitative estimate of drug-likeness (QED) is 0.426. The number of halogens is 2. The molecule has 2 N–H and O–H groups in total. The van der Waals surface area contributed by atoms with Crippen molar-refractivity contribution in [2.24, 2.45) is 0 Å². The second-order valence-corrected chi connectivity index (χ2v) is 6.50. The monoisotopic (exact) mass is 418 g/mol. The minimum absolute atomic E-state index is 0.0203. The number of hydrogen-bond acceptors (Lipinski definition) is 7. The molecule has 3 rings (SSSR count). The number of nitrogens with one attached hydrogen (secondary N) is 2. The number of fused-ring (bicyclic) bond motifs is 1. The van der Waals surface area contributed by atoms with Gasteiger partial charge in [0.25, 0.3) is 0 Å². The predicted octanol–water partition coefficient (Wildman–Crippen LogP) is 3.69. The summed E-state index contributed by atoms with van der Waals surface area (Å²) in [6.07, 6.45) is 1.57. The van der Waals surface area contributed by atoms with Crippen LogP contribution in [0.4, 0.5) is 15.8 Å². The van der Waals surface area contributed by atoms with E-state index in [1.54, 1.807) is 24.4 Å². The van der Waals surface area contributed by atoms with Crippen LogP contribution in [0.2, 0.25) is 5.02 Å². The van der Waals surface area contributed by atoms with Gasteiger partial charge >= 0.3 is 5.97 Å². The normalized spacial score (nSPS) is 10.9. The van der Waals surface area contributed by atoms with E-state index in [0.29, 0.717) is 35.4 Å². The molecule has 0 saturated carbocycles. The number of anilines is 2. The molecule has 0 atom stereocenters. The van der Waals surface area contributed by atoms with Crippen LogP contribution >= 0.6 is 11.6 Å². The van der Waals surface area contributed by atoms with E-state index < -0.39 is 11.8 Å². The number of aromatic nitrogens is 2. The van der Waals surface area contributed by atoms with Crippen molar-refractivity contribution in [3.05, 3.63) is 58.6 Å². The molecule has 0 spiro atoms. The molecule has 0 aliphatic carbocycles. The summed E-state index contributed by atoms with van der Waals surface area (Å²) >= 11 is 5.98. The van der Waals surface area contributed by atoms with Crippen molar-refractivity contribution in [3.63, 3.8) is 0 Å². The Kier molecular flexibility index (Phi) is 6.92. The zero-order chi connectivity index (χ0) is 20.8. The summed E-state index contributed by atoms with van der Waals surface area (Å²) in [6, 6.07) is 7.99. The molecule has 0 fully saturated rings. The fourth-order valence-corrected chi connectivity index (χ4v) is 2.84. The number of carbonyl (C=O) groups is 1. The number of hydrogen-bond donors (Lipinski definition) is 2. The minimum atomic E-state index is -0.601. The van der Waals surface area contributed by atoms with E-state index in [-0.39, 0.29) is 23.0 Å². The van der Waals surface area contributed by atoms with E-state index >= 15 is 0 Å². The van der Waals surface area contributed by atoms with E-state index in [1.807, 2.05) is 7.05 Å². The van der Waals surface area contributed by atoms with E-state index in [1.165, 1.54) is 19.2 Å². The highest BCUT2D eigenvalue weighted by atomic mass is 35.5. The molecular formula is C20H20ClFN4O3. The van der Waals surface area contributed by atoms with Crippen LogP contribution in [-0.4, -0.2) is 43.2 Å². The maximum atomic E-state index is 14.8. The Hall–Kier alpha value is -2.81. The number of carbonyl (C=O) groups excluding carboxylic acids is 1. The van der Waals surface area contributed by atoms with E-state index in [4.69, 9.17) is 21.1 Å². The maximum Gasteiger partial charge on any atom is 0.356 e. The second-order valence-electron chi connectivity index (χ2n) is 6.09. The molecule has 7 nitrogen and oxygen atoms in total. The Morgan fingerprint density at radius 1 is 1.24 bits per heavy atom. The van der Waals surface area contributed by atoms with Crippen molar-refractivity contribution in [3.8, 4) is 0 Å². The molecule has 1 aromatic carbocycles. The third-order valence-corrected chi connectivity index (χ3v) is 4.47. The maximum absolute atomic E-state index is 14.8. The molecular weight excluding hydrogens is 399 g/mol. The molecule has 0 amide bonds. The Labute approximate surface area is 172 Å². The topological polar surface area (TPSA) is 85.4 Å². The average molecular weight is 419 g/mol.